The van der Waals surface area contributed by atoms with Crippen molar-refractivity contribution in [1.29, 1.82) is 5.26 Å². The predicted octanol–water partition coefficient (Wildman–Crippen LogP) is 2.93. The van der Waals surface area contributed by atoms with Gasteiger partial charge >= 0.3 is 6.01 Å². The van der Waals surface area contributed by atoms with Crippen LogP contribution in [0.25, 0.3) is 0 Å². The lowest BCUT2D eigenvalue weighted by atomic mass is 10.2. The van der Waals surface area contributed by atoms with Crippen molar-refractivity contribution in [3.8, 4) is 12.1 Å². The number of hydrogen-bond donors (Lipinski definition) is 1. The van der Waals surface area contributed by atoms with Crippen LogP contribution in [0, 0.1) is 11.3 Å². The maximum absolute atomic E-state index is 8.74. The molecule has 0 saturated heterocycles. The molecule has 2 rings (SSSR count). The van der Waals surface area contributed by atoms with E-state index in [1.54, 1.807) is 24.3 Å². The molecule has 0 unspecified atom stereocenters. The van der Waals surface area contributed by atoms with E-state index >= 15 is 0 Å². The van der Waals surface area contributed by atoms with Gasteiger partial charge in [-0.1, -0.05) is 0 Å². The van der Waals surface area contributed by atoms with E-state index in [0.717, 1.165) is 5.69 Å². The third-order valence-electron chi connectivity index (χ3n) is 2.20. The highest BCUT2D eigenvalue weighted by atomic mass is 35.5. The second-order valence-corrected chi connectivity index (χ2v) is 4.53. The largest absolute Gasteiger partial charge is 0.461 e. The Morgan fingerprint density at radius 1 is 1.20 bits per heavy atom. The van der Waals surface area contributed by atoms with Gasteiger partial charge in [-0.2, -0.15) is 20.2 Å². The van der Waals surface area contributed by atoms with E-state index in [-0.39, 0.29) is 23.3 Å². The van der Waals surface area contributed by atoms with Crippen LogP contribution in [-0.2, 0) is 0 Å². The molecule has 0 amide bonds. The molecule has 0 radical (unpaired) electrons. The summed E-state index contributed by atoms with van der Waals surface area (Å²) in [5.74, 6) is 0.283. The third kappa shape index (κ3) is 3.80. The number of nitriles is 1. The molecule has 102 valence electrons. The van der Waals surface area contributed by atoms with Crippen LogP contribution in [0.15, 0.2) is 24.3 Å². The van der Waals surface area contributed by atoms with Crippen molar-refractivity contribution in [1.82, 2.24) is 15.0 Å². The fraction of sp³-hybridized carbons (Fsp3) is 0.231. The maximum atomic E-state index is 8.74. The van der Waals surface area contributed by atoms with Gasteiger partial charge < -0.3 is 10.1 Å². The summed E-state index contributed by atoms with van der Waals surface area (Å²) in [6, 6.07) is 9.09. The number of nitrogens with zero attached hydrogens (tertiary/aromatic N) is 4. The molecular formula is C13H12ClN5O. The van der Waals surface area contributed by atoms with E-state index in [1.165, 1.54) is 0 Å². The second-order valence-electron chi connectivity index (χ2n) is 4.19. The molecule has 20 heavy (non-hydrogen) atoms. The van der Waals surface area contributed by atoms with Gasteiger partial charge in [0.2, 0.25) is 11.2 Å². The normalized spacial score (nSPS) is 10.2. The molecule has 6 nitrogen and oxygen atoms in total. The number of nitrogens with one attached hydrogen (secondary N) is 1. The van der Waals surface area contributed by atoms with Crippen LogP contribution >= 0.6 is 11.6 Å². The van der Waals surface area contributed by atoms with E-state index in [4.69, 9.17) is 21.6 Å². The highest BCUT2D eigenvalue weighted by molar-refractivity contribution is 6.28. The predicted molar refractivity (Wildman–Crippen MR) is 75.0 cm³/mol. The Kier molecular flexibility index (Phi) is 4.33. The third-order valence-corrected chi connectivity index (χ3v) is 2.37. The molecule has 0 spiro atoms. The first kappa shape index (κ1) is 14.0. The minimum atomic E-state index is -0.0590. The smallest absolute Gasteiger partial charge is 0.322 e. The molecule has 0 aliphatic heterocycles. The average Bonchev–Trinajstić information content (AvgIpc) is 2.38. The topological polar surface area (TPSA) is 83.7 Å². The van der Waals surface area contributed by atoms with Crippen LogP contribution in [0.5, 0.6) is 6.01 Å². The summed E-state index contributed by atoms with van der Waals surface area (Å²) in [6.45, 7) is 3.73. The van der Waals surface area contributed by atoms with E-state index in [9.17, 15) is 0 Å². The van der Waals surface area contributed by atoms with E-state index in [0.29, 0.717) is 5.56 Å². The summed E-state index contributed by atoms with van der Waals surface area (Å²) in [4.78, 5) is 12.0. The molecule has 1 heterocycles. The zero-order valence-electron chi connectivity index (χ0n) is 11.0. The van der Waals surface area contributed by atoms with Gasteiger partial charge in [0.1, 0.15) is 0 Å². The van der Waals surface area contributed by atoms with Gasteiger partial charge in [-0.15, -0.1) is 0 Å². The van der Waals surface area contributed by atoms with Gasteiger partial charge in [0, 0.05) is 5.69 Å². The van der Waals surface area contributed by atoms with Gasteiger partial charge in [-0.05, 0) is 49.7 Å². The van der Waals surface area contributed by atoms with Crippen LogP contribution in [0.1, 0.15) is 19.4 Å². The van der Waals surface area contributed by atoms with Gasteiger partial charge in [0.15, 0.2) is 0 Å². The molecule has 0 bridgehead atoms. The lowest BCUT2D eigenvalue weighted by molar-refractivity contribution is 0.222. The van der Waals surface area contributed by atoms with Crippen molar-refractivity contribution in [3.63, 3.8) is 0 Å². The summed E-state index contributed by atoms with van der Waals surface area (Å²) in [7, 11) is 0. The molecule has 0 fully saturated rings. The highest BCUT2D eigenvalue weighted by Gasteiger charge is 2.08. The first-order valence-electron chi connectivity index (χ1n) is 5.92. The lowest BCUT2D eigenvalue weighted by Gasteiger charge is -2.09. The van der Waals surface area contributed by atoms with Crippen molar-refractivity contribution in [3.05, 3.63) is 35.1 Å². The first-order valence-corrected chi connectivity index (χ1v) is 6.30. The number of ether oxygens (including phenoxy) is 1. The first-order chi connectivity index (χ1) is 9.56. The van der Waals surface area contributed by atoms with Crippen molar-refractivity contribution in [2.75, 3.05) is 5.32 Å². The molecule has 0 atom stereocenters. The monoisotopic (exact) mass is 289 g/mol. The number of rotatable bonds is 4. The Morgan fingerprint density at radius 2 is 1.90 bits per heavy atom. The molecule has 7 heteroatoms. The van der Waals surface area contributed by atoms with Crippen molar-refractivity contribution < 1.29 is 4.74 Å². The quantitative estimate of drug-likeness (QED) is 0.931. The Hall–Kier alpha value is -2.39. The minimum absolute atomic E-state index is 0.0480. The number of anilines is 2. The summed E-state index contributed by atoms with van der Waals surface area (Å²) < 4.78 is 5.38. The molecule has 2 aromatic rings. The Balaban J connectivity index is 2.19. The van der Waals surface area contributed by atoms with Crippen molar-refractivity contribution in [2.24, 2.45) is 0 Å². The summed E-state index contributed by atoms with van der Waals surface area (Å²) in [6.07, 6.45) is -0.0590. The summed E-state index contributed by atoms with van der Waals surface area (Å²) >= 11 is 5.82. The van der Waals surface area contributed by atoms with Crippen LogP contribution < -0.4 is 10.1 Å². The molecule has 0 aliphatic carbocycles. The van der Waals surface area contributed by atoms with Crippen LogP contribution in [0.3, 0.4) is 0 Å². The summed E-state index contributed by atoms with van der Waals surface area (Å²) in [5.41, 5.74) is 1.31. The number of halogens is 1. The van der Waals surface area contributed by atoms with E-state index < -0.39 is 0 Å². The zero-order valence-corrected chi connectivity index (χ0v) is 11.7. The lowest BCUT2D eigenvalue weighted by Crippen LogP contribution is -2.10. The fourth-order valence-corrected chi connectivity index (χ4v) is 1.56. The number of hydrogen-bond acceptors (Lipinski definition) is 6. The van der Waals surface area contributed by atoms with Gasteiger partial charge in [-0.3, -0.25) is 0 Å². The Bertz CT molecular complexity index is 636. The molecule has 0 saturated carbocycles. The van der Waals surface area contributed by atoms with Crippen LogP contribution in [-0.4, -0.2) is 21.1 Å². The zero-order chi connectivity index (χ0) is 14.5. The Labute approximate surface area is 121 Å². The standard InChI is InChI=1S/C13H12ClN5O/c1-8(2)20-13-18-11(14)17-12(19-13)16-10-5-3-9(7-15)4-6-10/h3-6,8H,1-2H3,(H,16,17,18,19). The fourth-order valence-electron chi connectivity index (χ4n) is 1.41. The highest BCUT2D eigenvalue weighted by Crippen LogP contribution is 2.17. The van der Waals surface area contributed by atoms with Crippen LogP contribution in [0.4, 0.5) is 11.6 Å². The van der Waals surface area contributed by atoms with Gasteiger partial charge in [0.05, 0.1) is 17.7 Å². The summed E-state index contributed by atoms with van der Waals surface area (Å²) in [5, 5.41) is 11.8. The number of benzene rings is 1. The van der Waals surface area contributed by atoms with Gasteiger partial charge in [-0.25, -0.2) is 0 Å². The van der Waals surface area contributed by atoms with E-state index in [2.05, 4.69) is 20.3 Å². The van der Waals surface area contributed by atoms with Crippen molar-refractivity contribution in [2.45, 2.75) is 20.0 Å². The second kappa shape index (κ2) is 6.17. The van der Waals surface area contributed by atoms with Gasteiger partial charge in [0.25, 0.3) is 0 Å². The number of aromatic nitrogens is 3. The van der Waals surface area contributed by atoms with Crippen molar-refractivity contribution >= 4 is 23.2 Å². The molecule has 1 N–H and O–H groups in total. The van der Waals surface area contributed by atoms with E-state index in [1.807, 2.05) is 19.9 Å². The molecular weight excluding hydrogens is 278 g/mol. The minimum Gasteiger partial charge on any atom is -0.461 e. The molecule has 0 aliphatic rings. The molecule has 1 aromatic heterocycles. The SMILES string of the molecule is CC(C)Oc1nc(Cl)nc(Nc2ccc(C#N)cc2)n1. The Morgan fingerprint density at radius 3 is 2.50 bits per heavy atom. The molecule has 1 aromatic carbocycles. The maximum Gasteiger partial charge on any atom is 0.322 e. The van der Waals surface area contributed by atoms with Crippen LogP contribution in [0.2, 0.25) is 5.28 Å². The average molecular weight is 290 g/mol.